The van der Waals surface area contributed by atoms with Crippen molar-refractivity contribution in [1.29, 1.82) is 0 Å². The molecule has 1 aromatic rings. The molecule has 0 radical (unpaired) electrons. The molecule has 0 aliphatic rings. The van der Waals surface area contributed by atoms with Crippen LogP contribution in [0.15, 0.2) is 12.1 Å². The lowest BCUT2D eigenvalue weighted by atomic mass is 10.0. The summed E-state index contributed by atoms with van der Waals surface area (Å²) >= 11 is 0. The molecule has 0 unspecified atom stereocenters. The normalized spacial score (nSPS) is 10.0. The fraction of sp³-hybridized carbons (Fsp3) is 0.462. The highest BCUT2D eigenvalue weighted by molar-refractivity contribution is 5.91. The van der Waals surface area contributed by atoms with Gasteiger partial charge in [0.25, 0.3) is 0 Å². The van der Waals surface area contributed by atoms with Crippen molar-refractivity contribution in [2.75, 3.05) is 13.2 Å². The summed E-state index contributed by atoms with van der Waals surface area (Å²) in [6, 6.07) is 3.70. The summed E-state index contributed by atoms with van der Waals surface area (Å²) < 4.78 is 10.4. The zero-order chi connectivity index (χ0) is 12.1. The summed E-state index contributed by atoms with van der Waals surface area (Å²) in [4.78, 5) is 11.6. The highest BCUT2D eigenvalue weighted by Crippen LogP contribution is 2.23. The largest absolute Gasteiger partial charge is 0.494 e. The third-order valence-electron chi connectivity index (χ3n) is 2.32. The molecule has 0 N–H and O–H groups in total. The number of hydrogen-bond acceptors (Lipinski definition) is 3. The minimum absolute atomic E-state index is 0.272. The molecule has 0 spiro atoms. The predicted molar refractivity (Wildman–Crippen MR) is 63.0 cm³/mol. The van der Waals surface area contributed by atoms with E-state index in [4.69, 9.17) is 9.47 Å². The van der Waals surface area contributed by atoms with Gasteiger partial charge in [-0.15, -0.1) is 0 Å². The first-order valence-corrected chi connectivity index (χ1v) is 5.51. The van der Waals surface area contributed by atoms with Crippen LogP contribution in [0.3, 0.4) is 0 Å². The van der Waals surface area contributed by atoms with Crippen molar-refractivity contribution >= 4 is 5.97 Å². The average molecular weight is 222 g/mol. The molecule has 16 heavy (non-hydrogen) atoms. The first-order chi connectivity index (χ1) is 7.60. The van der Waals surface area contributed by atoms with Crippen LogP contribution in [-0.4, -0.2) is 19.2 Å². The number of hydrogen-bond donors (Lipinski definition) is 0. The number of carbonyl (C=O) groups is 1. The van der Waals surface area contributed by atoms with Crippen LogP contribution in [0.1, 0.15) is 35.3 Å². The minimum Gasteiger partial charge on any atom is -0.494 e. The van der Waals surface area contributed by atoms with Crippen molar-refractivity contribution in [3.63, 3.8) is 0 Å². The number of aryl methyl sites for hydroxylation is 2. The van der Waals surface area contributed by atoms with E-state index in [9.17, 15) is 4.79 Å². The smallest absolute Gasteiger partial charge is 0.338 e. The van der Waals surface area contributed by atoms with Crippen molar-refractivity contribution in [2.24, 2.45) is 0 Å². The molecule has 0 bridgehead atoms. The van der Waals surface area contributed by atoms with E-state index in [-0.39, 0.29) is 5.97 Å². The van der Waals surface area contributed by atoms with Crippen LogP contribution >= 0.6 is 0 Å². The Morgan fingerprint density at radius 3 is 2.38 bits per heavy atom. The second-order valence-corrected chi connectivity index (χ2v) is 3.59. The Kier molecular flexibility index (Phi) is 4.35. The Labute approximate surface area is 96.4 Å². The zero-order valence-electron chi connectivity index (χ0n) is 10.3. The number of esters is 1. The Bertz CT molecular complexity index is 383. The van der Waals surface area contributed by atoms with Gasteiger partial charge in [-0.2, -0.15) is 0 Å². The Morgan fingerprint density at radius 1 is 1.12 bits per heavy atom. The number of ether oxygens (including phenoxy) is 2. The van der Waals surface area contributed by atoms with E-state index in [1.165, 1.54) is 0 Å². The van der Waals surface area contributed by atoms with Crippen molar-refractivity contribution in [3.8, 4) is 5.75 Å². The first kappa shape index (κ1) is 12.6. The van der Waals surface area contributed by atoms with Gasteiger partial charge in [0, 0.05) is 0 Å². The van der Waals surface area contributed by atoms with E-state index in [1.807, 2.05) is 32.9 Å². The van der Waals surface area contributed by atoms with Crippen LogP contribution in [0.25, 0.3) is 0 Å². The van der Waals surface area contributed by atoms with Crippen LogP contribution in [0, 0.1) is 13.8 Å². The summed E-state index contributed by atoms with van der Waals surface area (Å²) in [6.07, 6.45) is 0. The lowest BCUT2D eigenvalue weighted by Crippen LogP contribution is -2.08. The van der Waals surface area contributed by atoms with Crippen molar-refractivity contribution in [1.82, 2.24) is 0 Å². The summed E-state index contributed by atoms with van der Waals surface area (Å²) in [5.41, 5.74) is 2.45. The number of carbonyl (C=O) groups excluding carboxylic acids is 1. The first-order valence-electron chi connectivity index (χ1n) is 5.51. The fourth-order valence-corrected chi connectivity index (χ4v) is 1.53. The lowest BCUT2D eigenvalue weighted by molar-refractivity contribution is 0.0525. The Balaban J connectivity index is 3.05. The van der Waals surface area contributed by atoms with E-state index in [2.05, 4.69) is 0 Å². The molecule has 0 aromatic heterocycles. The third kappa shape index (κ3) is 2.75. The van der Waals surface area contributed by atoms with E-state index in [0.717, 1.165) is 16.9 Å². The topological polar surface area (TPSA) is 35.5 Å². The van der Waals surface area contributed by atoms with Gasteiger partial charge in [0.2, 0.25) is 0 Å². The molecular weight excluding hydrogens is 204 g/mol. The number of rotatable bonds is 4. The molecule has 0 aliphatic heterocycles. The lowest BCUT2D eigenvalue weighted by Gasteiger charge is -2.11. The van der Waals surface area contributed by atoms with Gasteiger partial charge < -0.3 is 9.47 Å². The Morgan fingerprint density at radius 2 is 1.81 bits per heavy atom. The highest BCUT2D eigenvalue weighted by atomic mass is 16.5. The van der Waals surface area contributed by atoms with E-state index >= 15 is 0 Å². The van der Waals surface area contributed by atoms with Crippen molar-refractivity contribution in [2.45, 2.75) is 27.7 Å². The molecule has 0 saturated carbocycles. The van der Waals surface area contributed by atoms with Gasteiger partial charge in [-0.3, -0.25) is 0 Å². The molecule has 3 nitrogen and oxygen atoms in total. The molecule has 3 heteroatoms. The molecule has 0 saturated heterocycles. The molecule has 0 atom stereocenters. The molecule has 0 heterocycles. The van der Waals surface area contributed by atoms with Gasteiger partial charge >= 0.3 is 5.97 Å². The maximum Gasteiger partial charge on any atom is 0.338 e. The Hall–Kier alpha value is -1.51. The predicted octanol–water partition coefficient (Wildman–Crippen LogP) is 2.88. The van der Waals surface area contributed by atoms with Gasteiger partial charge in [0.05, 0.1) is 18.8 Å². The van der Waals surface area contributed by atoms with E-state index in [0.29, 0.717) is 18.8 Å². The molecular formula is C13H18O3. The SMILES string of the molecule is CCOC(=O)c1cc(C)c(OCC)cc1C. The minimum atomic E-state index is -0.272. The molecule has 0 aliphatic carbocycles. The second kappa shape index (κ2) is 5.54. The van der Waals surface area contributed by atoms with E-state index in [1.54, 1.807) is 6.92 Å². The second-order valence-electron chi connectivity index (χ2n) is 3.59. The molecule has 88 valence electrons. The summed E-state index contributed by atoms with van der Waals surface area (Å²) in [5.74, 6) is 0.555. The van der Waals surface area contributed by atoms with Crippen LogP contribution in [0.5, 0.6) is 5.75 Å². The monoisotopic (exact) mass is 222 g/mol. The zero-order valence-corrected chi connectivity index (χ0v) is 10.3. The van der Waals surface area contributed by atoms with Gasteiger partial charge in [-0.1, -0.05) is 0 Å². The quantitative estimate of drug-likeness (QED) is 0.735. The van der Waals surface area contributed by atoms with E-state index < -0.39 is 0 Å². The maximum absolute atomic E-state index is 11.6. The van der Waals surface area contributed by atoms with Crippen LogP contribution < -0.4 is 4.74 Å². The van der Waals surface area contributed by atoms with Crippen molar-refractivity contribution < 1.29 is 14.3 Å². The maximum atomic E-state index is 11.6. The molecule has 0 fully saturated rings. The van der Waals surface area contributed by atoms with Gasteiger partial charge in [-0.25, -0.2) is 4.79 Å². The average Bonchev–Trinajstić information content (AvgIpc) is 2.23. The van der Waals surface area contributed by atoms with Crippen LogP contribution in [0.4, 0.5) is 0 Å². The van der Waals surface area contributed by atoms with Gasteiger partial charge in [0.15, 0.2) is 0 Å². The van der Waals surface area contributed by atoms with Crippen molar-refractivity contribution in [3.05, 3.63) is 28.8 Å². The fourth-order valence-electron chi connectivity index (χ4n) is 1.53. The van der Waals surface area contributed by atoms with Gasteiger partial charge in [0.1, 0.15) is 5.75 Å². The summed E-state index contributed by atoms with van der Waals surface area (Å²) in [5, 5.41) is 0. The van der Waals surface area contributed by atoms with Crippen LogP contribution in [0.2, 0.25) is 0 Å². The van der Waals surface area contributed by atoms with Gasteiger partial charge in [-0.05, 0) is 51.0 Å². The number of benzene rings is 1. The highest BCUT2D eigenvalue weighted by Gasteiger charge is 2.12. The molecule has 1 aromatic carbocycles. The summed E-state index contributed by atoms with van der Waals surface area (Å²) in [6.45, 7) is 8.56. The van der Waals surface area contributed by atoms with Crippen LogP contribution in [-0.2, 0) is 4.74 Å². The summed E-state index contributed by atoms with van der Waals surface area (Å²) in [7, 11) is 0. The molecule has 1 rings (SSSR count). The standard InChI is InChI=1S/C13H18O3/c1-5-15-12-8-9(3)11(7-10(12)4)13(14)16-6-2/h7-8H,5-6H2,1-4H3. The molecule has 0 amide bonds. The third-order valence-corrected chi connectivity index (χ3v) is 2.32.